The smallest absolute Gasteiger partial charge is 0.331 e. The van der Waals surface area contributed by atoms with E-state index in [4.69, 9.17) is 0 Å². The molecule has 0 bridgehead atoms. The molecule has 0 heterocycles. The number of aliphatic carboxylic acids is 1. The number of ketones is 2. The van der Waals surface area contributed by atoms with Gasteiger partial charge in [-0.05, 0) is 25.8 Å². The molecule has 0 aliphatic heterocycles. The molecule has 1 aliphatic carbocycles. The molecule has 1 aromatic carbocycles. The number of carboxylic acids is 1. The van der Waals surface area contributed by atoms with Crippen molar-refractivity contribution in [3.63, 3.8) is 0 Å². The molecule has 0 fully saturated rings. The Hall–Kier alpha value is -2.49. The van der Waals surface area contributed by atoms with E-state index in [0.717, 1.165) is 19.3 Å². The van der Waals surface area contributed by atoms with Crippen LogP contribution in [0.2, 0.25) is 0 Å². The highest BCUT2D eigenvalue weighted by atomic mass is 16.4. The van der Waals surface area contributed by atoms with Crippen molar-refractivity contribution in [2.75, 3.05) is 0 Å². The molecule has 0 amide bonds. The van der Waals surface area contributed by atoms with Gasteiger partial charge in [0.05, 0.1) is 0 Å². The fourth-order valence-corrected chi connectivity index (χ4v) is 3.38. The lowest BCUT2D eigenvalue weighted by molar-refractivity contribution is -0.132. The first-order valence-electron chi connectivity index (χ1n) is 9.80. The van der Waals surface area contributed by atoms with Gasteiger partial charge in [0, 0.05) is 27.8 Å². The number of allylic oxidation sites excluding steroid dienone is 3. The normalized spacial score (nSPS) is 14.5. The van der Waals surface area contributed by atoms with Gasteiger partial charge in [0.15, 0.2) is 11.6 Å². The Morgan fingerprint density at radius 1 is 0.926 bits per heavy atom. The molecule has 0 unspecified atom stereocenters. The number of fused-ring (bicyclic) bond motifs is 1. The number of carbonyl (C=O) groups excluding carboxylic acids is 2. The molecular weight excluding hydrogens is 340 g/mol. The molecule has 0 aromatic heterocycles. The van der Waals surface area contributed by atoms with Crippen LogP contribution in [0.1, 0.15) is 85.9 Å². The minimum atomic E-state index is -1.03. The van der Waals surface area contributed by atoms with Gasteiger partial charge in [-0.3, -0.25) is 9.59 Å². The third-order valence-electron chi connectivity index (χ3n) is 5.05. The molecule has 4 heteroatoms. The van der Waals surface area contributed by atoms with Crippen molar-refractivity contribution in [2.45, 2.75) is 65.2 Å². The van der Waals surface area contributed by atoms with Gasteiger partial charge in [0.1, 0.15) is 0 Å². The van der Waals surface area contributed by atoms with Crippen LogP contribution in [-0.4, -0.2) is 22.6 Å². The van der Waals surface area contributed by atoms with Gasteiger partial charge >= 0.3 is 5.97 Å². The highest BCUT2D eigenvalue weighted by molar-refractivity contribution is 6.28. The Kier molecular flexibility index (Phi) is 7.71. The molecule has 27 heavy (non-hydrogen) atoms. The maximum Gasteiger partial charge on any atom is 0.331 e. The van der Waals surface area contributed by atoms with Crippen molar-refractivity contribution in [1.82, 2.24) is 0 Å². The fraction of sp³-hybridized carbons (Fsp3) is 0.435. The monoisotopic (exact) mass is 368 g/mol. The first-order chi connectivity index (χ1) is 13.0. The number of carboxylic acid groups (broad SMARTS) is 1. The van der Waals surface area contributed by atoms with Gasteiger partial charge in [-0.2, -0.15) is 0 Å². The summed E-state index contributed by atoms with van der Waals surface area (Å²) in [6.45, 7) is 3.77. The van der Waals surface area contributed by atoms with Gasteiger partial charge in [-0.15, -0.1) is 0 Å². The summed E-state index contributed by atoms with van der Waals surface area (Å²) in [6.07, 6.45) is 9.50. The minimum absolute atomic E-state index is 0.193. The topological polar surface area (TPSA) is 71.4 Å². The molecule has 0 saturated carbocycles. The van der Waals surface area contributed by atoms with E-state index < -0.39 is 5.97 Å². The highest BCUT2D eigenvalue weighted by Crippen LogP contribution is 2.28. The summed E-state index contributed by atoms with van der Waals surface area (Å²) in [7, 11) is 0. The lowest BCUT2D eigenvalue weighted by atomic mass is 9.83. The summed E-state index contributed by atoms with van der Waals surface area (Å²) in [5.41, 5.74) is 1.45. The summed E-state index contributed by atoms with van der Waals surface area (Å²) < 4.78 is 0. The Balaban J connectivity index is 2.10. The summed E-state index contributed by atoms with van der Waals surface area (Å²) in [5, 5.41) is 9.52. The van der Waals surface area contributed by atoms with E-state index in [0.29, 0.717) is 23.1 Å². The summed E-state index contributed by atoms with van der Waals surface area (Å²) in [5.74, 6) is -1.52. The fourth-order valence-electron chi connectivity index (χ4n) is 3.38. The first-order valence-corrected chi connectivity index (χ1v) is 9.80. The number of hydrogen-bond acceptors (Lipinski definition) is 3. The third kappa shape index (κ3) is 5.25. The van der Waals surface area contributed by atoms with Crippen LogP contribution >= 0.6 is 0 Å². The molecule has 1 N–H and O–H groups in total. The van der Waals surface area contributed by atoms with E-state index in [1.165, 1.54) is 31.8 Å². The number of hydrogen-bond donors (Lipinski definition) is 1. The number of carbonyl (C=O) groups is 3. The molecule has 0 atom stereocenters. The van der Waals surface area contributed by atoms with E-state index in [9.17, 15) is 19.5 Å². The number of unbranched alkanes of at least 4 members (excludes halogenated alkanes) is 6. The van der Waals surface area contributed by atoms with E-state index in [-0.39, 0.29) is 22.7 Å². The van der Waals surface area contributed by atoms with Gasteiger partial charge in [0.25, 0.3) is 0 Å². The summed E-state index contributed by atoms with van der Waals surface area (Å²) in [4.78, 5) is 36.9. The Morgan fingerprint density at radius 2 is 1.48 bits per heavy atom. The van der Waals surface area contributed by atoms with Crippen molar-refractivity contribution in [2.24, 2.45) is 0 Å². The number of rotatable bonds is 10. The molecule has 0 radical (unpaired) electrons. The van der Waals surface area contributed by atoms with Crippen LogP contribution in [0.4, 0.5) is 0 Å². The van der Waals surface area contributed by atoms with Gasteiger partial charge in [0.2, 0.25) is 0 Å². The zero-order chi connectivity index (χ0) is 19.8. The van der Waals surface area contributed by atoms with Crippen LogP contribution in [0.3, 0.4) is 0 Å². The molecule has 1 aromatic rings. The SMILES string of the molecule is CCCCCCCCCC(=CC1=C(C)C(=O)c2ccccc2C1=O)C(=O)O. The molecule has 1 aliphatic rings. The highest BCUT2D eigenvalue weighted by Gasteiger charge is 2.29. The summed E-state index contributed by atoms with van der Waals surface area (Å²) in [6, 6.07) is 6.69. The predicted octanol–water partition coefficient (Wildman–Crippen LogP) is 5.53. The molecule has 144 valence electrons. The Bertz CT molecular complexity index is 783. The van der Waals surface area contributed by atoms with Crippen LogP contribution in [0.25, 0.3) is 0 Å². The lowest BCUT2D eigenvalue weighted by Crippen LogP contribution is -2.20. The average molecular weight is 368 g/mol. The van der Waals surface area contributed by atoms with Crippen molar-refractivity contribution in [3.05, 3.63) is 58.2 Å². The van der Waals surface area contributed by atoms with Crippen LogP contribution in [0, 0.1) is 0 Å². The molecule has 2 rings (SSSR count). The van der Waals surface area contributed by atoms with Gasteiger partial charge in [-0.1, -0.05) is 69.7 Å². The summed E-state index contributed by atoms with van der Waals surface area (Å²) >= 11 is 0. The maximum atomic E-state index is 12.8. The van der Waals surface area contributed by atoms with Crippen molar-refractivity contribution >= 4 is 17.5 Å². The zero-order valence-corrected chi connectivity index (χ0v) is 16.2. The van der Waals surface area contributed by atoms with Crippen LogP contribution < -0.4 is 0 Å². The van der Waals surface area contributed by atoms with Crippen molar-refractivity contribution in [3.8, 4) is 0 Å². The van der Waals surface area contributed by atoms with Crippen molar-refractivity contribution in [1.29, 1.82) is 0 Å². The second kappa shape index (κ2) is 10.0. The van der Waals surface area contributed by atoms with Crippen LogP contribution in [0.15, 0.2) is 47.1 Å². The Labute approximate surface area is 161 Å². The predicted molar refractivity (Wildman–Crippen MR) is 106 cm³/mol. The second-order valence-electron chi connectivity index (χ2n) is 7.09. The first kappa shape index (κ1) is 20.8. The number of benzene rings is 1. The second-order valence-corrected chi connectivity index (χ2v) is 7.09. The Morgan fingerprint density at radius 3 is 2.07 bits per heavy atom. The zero-order valence-electron chi connectivity index (χ0n) is 16.2. The van der Waals surface area contributed by atoms with Gasteiger partial charge in [-0.25, -0.2) is 4.79 Å². The van der Waals surface area contributed by atoms with Crippen molar-refractivity contribution < 1.29 is 19.5 Å². The largest absolute Gasteiger partial charge is 0.478 e. The quantitative estimate of drug-likeness (QED) is 0.435. The maximum absolute atomic E-state index is 12.8. The number of Topliss-reactive ketones (excluding diaryl/α,β-unsaturated/α-hetero) is 2. The van der Waals surface area contributed by atoms with E-state index >= 15 is 0 Å². The van der Waals surface area contributed by atoms with Gasteiger partial charge < -0.3 is 5.11 Å². The van der Waals surface area contributed by atoms with E-state index in [1.54, 1.807) is 31.2 Å². The minimum Gasteiger partial charge on any atom is -0.478 e. The van der Waals surface area contributed by atoms with E-state index in [2.05, 4.69) is 6.92 Å². The van der Waals surface area contributed by atoms with E-state index in [1.807, 2.05) is 0 Å². The molecule has 4 nitrogen and oxygen atoms in total. The standard InChI is InChI=1S/C23H28O4/c1-3-4-5-6-7-8-9-12-17(23(26)27)15-20-16(2)21(24)18-13-10-11-14-19(18)22(20)25/h10-11,13-15H,3-9,12H2,1-2H3,(H,26,27). The molecule has 0 saturated heterocycles. The molecular formula is C23H28O4. The van der Waals surface area contributed by atoms with Crippen LogP contribution in [0.5, 0.6) is 0 Å². The van der Waals surface area contributed by atoms with Crippen LogP contribution in [-0.2, 0) is 4.79 Å². The third-order valence-corrected chi connectivity index (χ3v) is 5.05. The molecule has 0 spiro atoms. The lowest BCUT2D eigenvalue weighted by Gasteiger charge is -2.17. The average Bonchev–Trinajstić information content (AvgIpc) is 2.67.